The Labute approximate surface area is 852 Å². The molecule has 26 nitrogen and oxygen atoms in total. The molecule has 0 atom stereocenters. The van der Waals surface area contributed by atoms with Crippen LogP contribution in [0.1, 0.15) is 367 Å². The van der Waals surface area contributed by atoms with Gasteiger partial charge in [-0.1, -0.05) is 114 Å². The number of ether oxygens (including phenoxy) is 8. The number of methoxy groups -OCH3 is 8. The van der Waals surface area contributed by atoms with Gasteiger partial charge in [0.25, 0.3) is 0 Å². The van der Waals surface area contributed by atoms with Gasteiger partial charge in [-0.3, -0.25) is 38.4 Å². The van der Waals surface area contributed by atoms with Crippen molar-refractivity contribution in [2.24, 2.45) is 0 Å². The van der Waals surface area contributed by atoms with Gasteiger partial charge in [-0.15, -0.1) is 0 Å². The largest absolute Gasteiger partial charge is 0.507 e. The molecule has 26 heteroatoms. The summed E-state index contributed by atoms with van der Waals surface area (Å²) >= 11 is 0. The Hall–Kier alpha value is -12.8. The van der Waals surface area contributed by atoms with E-state index in [1.54, 1.807) is 120 Å². The molecule has 0 aliphatic heterocycles. The second-order valence-electron chi connectivity index (χ2n) is 38.0. The zero-order valence-electron chi connectivity index (χ0n) is 89.1. The first kappa shape index (κ1) is 122. The normalized spacial score (nSPS) is 12.2. The Balaban J connectivity index is 0.000000431. The summed E-state index contributed by atoms with van der Waals surface area (Å²) in [7, 11) is 12.7. The lowest BCUT2D eigenvalue weighted by atomic mass is 9.82. The van der Waals surface area contributed by atoms with Crippen LogP contribution in [0.2, 0.25) is 0 Å². The Morgan fingerprint density at radius 1 is 0.271 bits per heavy atom. The molecule has 144 heavy (non-hydrogen) atoms. The highest BCUT2D eigenvalue weighted by Gasteiger charge is 2.27. The van der Waals surface area contributed by atoms with Crippen LogP contribution in [0.25, 0.3) is 0 Å². The molecular formula is C118H156O26. The minimum Gasteiger partial charge on any atom is -0.507 e. The van der Waals surface area contributed by atoms with E-state index in [4.69, 9.17) is 37.9 Å². The van der Waals surface area contributed by atoms with E-state index in [0.29, 0.717) is 173 Å². The maximum absolute atomic E-state index is 11.7. The van der Waals surface area contributed by atoms with Gasteiger partial charge >= 0.3 is 0 Å². The third-order valence-corrected chi connectivity index (χ3v) is 24.7. The smallest absolute Gasteiger partial charge is 0.163 e. The fraction of sp³-hybridized carbons (Fsp3) is 0.424. The van der Waals surface area contributed by atoms with Crippen molar-refractivity contribution in [1.29, 1.82) is 0 Å². The fourth-order valence-corrected chi connectivity index (χ4v) is 17.4. The fourth-order valence-electron chi connectivity index (χ4n) is 17.4. The molecule has 10 aromatic carbocycles. The van der Waals surface area contributed by atoms with Gasteiger partial charge in [0.05, 0.1) is 91.8 Å². The van der Waals surface area contributed by atoms with Crippen LogP contribution in [0, 0.1) is 41.5 Å². The van der Waals surface area contributed by atoms with Gasteiger partial charge in [0.2, 0.25) is 0 Å². The summed E-state index contributed by atoms with van der Waals surface area (Å²) < 4.78 is 40.4. The predicted octanol–water partition coefficient (Wildman–Crippen LogP) is 24.8. The third-order valence-electron chi connectivity index (χ3n) is 24.7. The number of ketones is 8. The molecule has 2 aliphatic rings. The quantitative estimate of drug-likeness (QED) is 0.0180. The molecule has 12 rings (SSSR count). The molecule has 0 amide bonds. The number of rotatable bonds is 31. The molecule has 0 saturated heterocycles. The third kappa shape index (κ3) is 35.9. The van der Waals surface area contributed by atoms with Crippen LogP contribution in [-0.4, -0.2) is 154 Å². The van der Waals surface area contributed by atoms with Gasteiger partial charge in [0.1, 0.15) is 57.5 Å². The molecule has 0 unspecified atom stereocenters. The van der Waals surface area contributed by atoms with E-state index in [0.717, 1.165) is 90.7 Å². The lowest BCUT2D eigenvalue weighted by Gasteiger charge is -2.24. The number of aromatic hydroxyl groups is 10. The standard InChI is InChI=1S/2C19H22O4.2C16H22O3.C14H20O3.C12H16O3.2C11H14O3.2H2/c1-11-5-14(8-16(10-23-4)18(11)21)7-15-6-12(2)19(22)17(9-15)13(3)20;1-11-5-14(18(21)16(7-11)10-23-4)9-15-6-12(2)8-17(13(3)20)19(15)22;1-11(17)15-9-13(12-6-4-3-5-7-12)8-14(10-19-2)16(15)18;1-11(17)13-8-14(10-19-2)16(18)15(9-13)12-6-4-3-5-7-12;1-9(15)12-7-11(14(2,3)4)6-10(8-17-5)13(12)16;1-4-10-5-9(7-15-3)6-11(8(2)13)12(10)14;1-7-4-9(6-14-3)5-10(8(2)12)11(7)13;1-7-4-9(6-14-3)11(13)10(5-7)8(2)12;;/h5-6,8-9,21-22H,7,10H2,1-4H3;5-8,21-22H,9-10H2,1-4H3;2*8-9,12,18H,3-7,10H2,1-2H3;6-7,16H,8H2,1-5H3;5-6,14H,4,7H2,1-3H3;2*4-5,13H,6H2,1-3H3;2*1H. The van der Waals surface area contributed by atoms with Crippen molar-refractivity contribution >= 4 is 46.3 Å². The van der Waals surface area contributed by atoms with E-state index in [1.165, 1.54) is 105 Å². The Morgan fingerprint density at radius 2 is 0.562 bits per heavy atom. The second-order valence-corrected chi connectivity index (χ2v) is 38.0. The summed E-state index contributed by atoms with van der Waals surface area (Å²) in [5, 5.41) is 100. The highest BCUT2D eigenvalue weighted by Crippen LogP contribution is 2.43. The van der Waals surface area contributed by atoms with Crippen LogP contribution in [0.5, 0.6) is 57.5 Å². The Kier molecular flexibility index (Phi) is 49.8. The van der Waals surface area contributed by atoms with Crippen molar-refractivity contribution in [3.05, 3.63) is 288 Å². The molecule has 2 saturated carbocycles. The minimum absolute atomic E-state index is 0. The topological polar surface area (TPSA) is 413 Å². The Bertz CT molecular complexity index is 6090. The summed E-state index contributed by atoms with van der Waals surface area (Å²) in [6.45, 7) is 33.8. The molecule has 0 aromatic heterocycles. The summed E-state index contributed by atoms with van der Waals surface area (Å²) in [4.78, 5) is 91.7. The number of hydrogen-bond donors (Lipinski definition) is 10. The number of phenols is 10. The molecule has 2 aliphatic carbocycles. The van der Waals surface area contributed by atoms with Crippen molar-refractivity contribution in [3.63, 3.8) is 0 Å². The van der Waals surface area contributed by atoms with Crippen LogP contribution in [0.15, 0.2) is 121 Å². The summed E-state index contributed by atoms with van der Waals surface area (Å²) in [5.74, 6) is 1.06. The van der Waals surface area contributed by atoms with Crippen LogP contribution in [0.3, 0.4) is 0 Å². The SMILES string of the molecule is CCc1cc(COC)cc(C(C)=O)c1O.COCc1cc(C(C)(C)C)cc(C(C)=O)c1O.COCc1cc(C(C)=O)cc(C2CCCCC2)c1O.COCc1cc(C)c(O)c(C(C)=O)c1.COCc1cc(C)cc(C(C)=O)c1O.COCc1cc(C)cc(Cc2cc(C)cc(C(C)=O)c2O)c1O.COCc1cc(C2CCCCC2)cc(C(C)=O)c1O.COCc1cc(Cc2cc(C)c(O)c(C(C)=O)c2)cc(C)c1O.[HH].[HH]. The maximum atomic E-state index is 11.7. The summed E-state index contributed by atoms with van der Waals surface area (Å²) in [6, 6.07) is 36.3. The number of Topliss-reactive ketones (excluding diaryl/α,β-unsaturated/α-hetero) is 8. The maximum Gasteiger partial charge on any atom is 0.163 e. The van der Waals surface area contributed by atoms with Gasteiger partial charge in [0.15, 0.2) is 46.3 Å². The number of carbonyl (C=O) groups excluding carboxylic acids is 8. The number of benzene rings is 10. The number of hydrogen-bond acceptors (Lipinski definition) is 26. The second kappa shape index (κ2) is 58.9. The molecule has 0 spiro atoms. The molecule has 10 aromatic rings. The first-order valence-electron chi connectivity index (χ1n) is 48.3. The number of aryl methyl sites for hydroxylation is 7. The van der Waals surface area contributed by atoms with E-state index in [9.17, 15) is 89.4 Å². The molecule has 10 N–H and O–H groups in total. The highest BCUT2D eigenvalue weighted by atomic mass is 16.5. The van der Waals surface area contributed by atoms with Crippen molar-refractivity contribution in [3.8, 4) is 57.5 Å². The average Bonchev–Trinajstić information content (AvgIpc) is 0.812. The zero-order valence-corrected chi connectivity index (χ0v) is 89.1. The summed E-state index contributed by atoms with van der Waals surface area (Å²) in [5.41, 5.74) is 21.4. The van der Waals surface area contributed by atoms with Crippen LogP contribution in [-0.2, 0) is 115 Å². The lowest BCUT2D eigenvalue weighted by molar-refractivity contribution is 0.100. The molecule has 0 heterocycles. The van der Waals surface area contributed by atoms with E-state index >= 15 is 0 Å². The van der Waals surface area contributed by atoms with Crippen LogP contribution < -0.4 is 0 Å². The van der Waals surface area contributed by atoms with E-state index in [-0.39, 0.29) is 106 Å². The van der Waals surface area contributed by atoms with Crippen LogP contribution in [0.4, 0.5) is 0 Å². The van der Waals surface area contributed by atoms with Gasteiger partial charge in [-0.2, -0.15) is 0 Å². The molecule has 0 radical (unpaired) electrons. The predicted molar refractivity (Wildman–Crippen MR) is 565 cm³/mol. The van der Waals surface area contributed by atoms with Crippen LogP contribution >= 0.6 is 0 Å². The zero-order chi connectivity index (χ0) is 108. The van der Waals surface area contributed by atoms with E-state index in [2.05, 4.69) is 20.8 Å². The molecule has 784 valence electrons. The molecule has 0 bridgehead atoms. The van der Waals surface area contributed by atoms with Gasteiger partial charge in [0, 0.05) is 105 Å². The molecule has 2 fully saturated rings. The van der Waals surface area contributed by atoms with Crippen molar-refractivity contribution in [2.45, 2.75) is 278 Å². The van der Waals surface area contributed by atoms with Crippen molar-refractivity contribution < 1.29 is 130 Å². The first-order valence-corrected chi connectivity index (χ1v) is 48.3. The van der Waals surface area contributed by atoms with E-state index < -0.39 is 0 Å². The summed E-state index contributed by atoms with van der Waals surface area (Å²) in [6.07, 6.45) is 13.7. The van der Waals surface area contributed by atoms with Gasteiger partial charge in [-0.25, -0.2) is 0 Å². The highest BCUT2D eigenvalue weighted by molar-refractivity contribution is 6.01. The van der Waals surface area contributed by atoms with Crippen molar-refractivity contribution in [1.82, 2.24) is 0 Å². The monoisotopic (exact) mass is 1990 g/mol. The van der Waals surface area contributed by atoms with Gasteiger partial charge < -0.3 is 89.0 Å². The van der Waals surface area contributed by atoms with Crippen molar-refractivity contribution in [2.75, 3.05) is 56.9 Å². The number of carbonyl (C=O) groups is 8. The van der Waals surface area contributed by atoms with Gasteiger partial charge in [-0.05, 0) is 315 Å². The minimum atomic E-state index is -0.180. The first-order chi connectivity index (χ1) is 67.9. The molecular weight excluding hydrogens is 1830 g/mol. The van der Waals surface area contributed by atoms with E-state index in [1.807, 2.05) is 113 Å². The Morgan fingerprint density at radius 3 is 0.965 bits per heavy atom. The lowest BCUT2D eigenvalue weighted by Crippen LogP contribution is -2.13. The average molecular weight is 1990 g/mol. The number of phenolic OH excluding ortho intramolecular Hbond substituents is 10.